The normalized spacial score (nSPS) is 24.3. The van der Waals surface area contributed by atoms with Gasteiger partial charge in [0.05, 0.1) is 12.0 Å². The van der Waals surface area contributed by atoms with Crippen LogP contribution in [0.5, 0.6) is 0 Å². The summed E-state index contributed by atoms with van der Waals surface area (Å²) in [5.74, 6) is -1.18. The molecule has 178 valence electrons. The van der Waals surface area contributed by atoms with E-state index in [-0.39, 0.29) is 18.5 Å². The van der Waals surface area contributed by atoms with Gasteiger partial charge in [0, 0.05) is 54.5 Å². The Labute approximate surface area is 196 Å². The van der Waals surface area contributed by atoms with E-state index in [0.717, 1.165) is 36.0 Å². The molecule has 1 amide bonds. The van der Waals surface area contributed by atoms with Crippen molar-refractivity contribution in [3.63, 3.8) is 0 Å². The zero-order valence-corrected chi connectivity index (χ0v) is 18.7. The zero-order valence-electron chi connectivity index (χ0n) is 18.7. The van der Waals surface area contributed by atoms with Gasteiger partial charge < -0.3 is 20.7 Å². The number of hydrogen-bond donors (Lipinski definition) is 4. The fourth-order valence-corrected chi connectivity index (χ4v) is 4.83. The maximum Gasteiger partial charge on any atom is 0.226 e. The molecule has 2 aromatic carbocycles. The van der Waals surface area contributed by atoms with Gasteiger partial charge in [0.2, 0.25) is 5.91 Å². The first-order chi connectivity index (χ1) is 16.5. The molecule has 4 atom stereocenters. The van der Waals surface area contributed by atoms with Gasteiger partial charge in [-0.2, -0.15) is 0 Å². The second-order valence-electron chi connectivity index (χ2n) is 9.28. The largest absolute Gasteiger partial charge is 0.392 e. The highest BCUT2D eigenvalue weighted by Crippen LogP contribution is 2.42. The third-order valence-corrected chi connectivity index (χ3v) is 6.88. The monoisotopic (exact) mass is 466 g/mol. The van der Waals surface area contributed by atoms with E-state index in [9.17, 15) is 18.7 Å². The summed E-state index contributed by atoms with van der Waals surface area (Å²) in [6, 6.07) is 12.8. The molecule has 3 aromatic rings. The lowest BCUT2D eigenvalue weighted by Gasteiger charge is -2.22. The summed E-state index contributed by atoms with van der Waals surface area (Å²) in [5.41, 5.74) is 2.07. The number of rotatable bonds is 8. The molecule has 0 aliphatic heterocycles. The third-order valence-electron chi connectivity index (χ3n) is 6.88. The number of amides is 1. The highest BCUT2D eigenvalue weighted by molar-refractivity contribution is 5.80. The number of hydrogen-bond acceptors (Lipinski definition) is 4. The number of aromatic amines is 1. The van der Waals surface area contributed by atoms with Gasteiger partial charge in [-0.15, -0.1) is 0 Å². The fraction of sp³-hybridized carbons (Fsp3) is 0.385. The van der Waals surface area contributed by atoms with Gasteiger partial charge in [-0.1, -0.05) is 36.4 Å². The Morgan fingerprint density at radius 3 is 2.65 bits per heavy atom. The molecule has 2 fully saturated rings. The van der Waals surface area contributed by atoms with E-state index in [1.807, 2.05) is 30.3 Å². The minimum absolute atomic E-state index is 0.155. The molecule has 5 rings (SSSR count). The van der Waals surface area contributed by atoms with Crippen molar-refractivity contribution in [1.82, 2.24) is 20.6 Å². The van der Waals surface area contributed by atoms with Crippen LogP contribution >= 0.6 is 0 Å². The summed E-state index contributed by atoms with van der Waals surface area (Å²) < 4.78 is 27.5. The van der Waals surface area contributed by atoms with Gasteiger partial charge in [-0.25, -0.2) is 13.8 Å². The molecular formula is C26H28F2N4O2. The Morgan fingerprint density at radius 2 is 1.91 bits per heavy atom. The van der Waals surface area contributed by atoms with E-state index >= 15 is 0 Å². The standard InChI is InChI=1S/C26H28F2N4O2/c27-18-9-8-17(20(28)10-18)13-29-21-11-19(26(34)31-12-15-4-2-1-3-5-15)24(33)23(21)22-14-30-25(32-22)16-6-7-16/h1-5,8-10,14,16,19,21,23-24,29,33H,6-7,11-13H2,(H,30,32)(H,31,34)/t19-,21+,23+,24+/m0/s1. The van der Waals surface area contributed by atoms with Crippen LogP contribution in [0.2, 0.25) is 0 Å². The Hall–Kier alpha value is -3.10. The highest BCUT2D eigenvalue weighted by Gasteiger charge is 2.47. The van der Waals surface area contributed by atoms with Gasteiger partial charge >= 0.3 is 0 Å². The minimum atomic E-state index is -0.932. The van der Waals surface area contributed by atoms with Gasteiger partial charge in [0.15, 0.2) is 0 Å². The van der Waals surface area contributed by atoms with Crippen LogP contribution in [0.3, 0.4) is 0 Å². The first-order valence-corrected chi connectivity index (χ1v) is 11.7. The first-order valence-electron chi connectivity index (χ1n) is 11.7. The number of carbonyl (C=O) groups is 1. The van der Waals surface area contributed by atoms with Crippen molar-refractivity contribution in [3.05, 3.63) is 89.0 Å². The lowest BCUT2D eigenvalue weighted by Crippen LogP contribution is -2.36. The van der Waals surface area contributed by atoms with Crippen molar-refractivity contribution in [3.8, 4) is 0 Å². The average Bonchev–Trinajstić information content (AvgIpc) is 3.48. The number of aliphatic hydroxyl groups excluding tert-OH is 1. The lowest BCUT2D eigenvalue weighted by molar-refractivity contribution is -0.127. The van der Waals surface area contributed by atoms with Crippen LogP contribution in [0.1, 0.15) is 53.7 Å². The summed E-state index contributed by atoms with van der Waals surface area (Å²) in [6.45, 7) is 0.532. The van der Waals surface area contributed by atoms with Crippen LogP contribution in [0.25, 0.3) is 0 Å². The molecule has 0 saturated heterocycles. The lowest BCUT2D eigenvalue weighted by atomic mass is 9.96. The molecule has 0 unspecified atom stereocenters. The third kappa shape index (κ3) is 4.88. The van der Waals surface area contributed by atoms with Gasteiger partial charge in [-0.05, 0) is 30.9 Å². The van der Waals surface area contributed by atoms with E-state index in [0.29, 0.717) is 24.4 Å². The van der Waals surface area contributed by atoms with Crippen LogP contribution in [-0.4, -0.2) is 33.1 Å². The predicted octanol–water partition coefficient (Wildman–Crippen LogP) is 3.50. The molecule has 1 heterocycles. The van der Waals surface area contributed by atoms with Crippen LogP contribution < -0.4 is 10.6 Å². The molecule has 2 saturated carbocycles. The highest BCUT2D eigenvalue weighted by atomic mass is 19.1. The molecule has 4 N–H and O–H groups in total. The van der Waals surface area contributed by atoms with E-state index < -0.39 is 29.6 Å². The number of benzene rings is 2. The summed E-state index contributed by atoms with van der Waals surface area (Å²) in [7, 11) is 0. The molecule has 0 spiro atoms. The van der Waals surface area contributed by atoms with Crippen LogP contribution in [0, 0.1) is 17.6 Å². The molecule has 0 bridgehead atoms. The SMILES string of the molecule is O=C(NCc1ccccc1)[C@H]1C[C@@H](NCc2ccc(F)cc2F)[C@H](c2cnc(C3CC3)[nH]2)[C@@H]1O. The average molecular weight is 467 g/mol. The fourth-order valence-electron chi connectivity index (χ4n) is 4.83. The Morgan fingerprint density at radius 1 is 1.12 bits per heavy atom. The molecule has 0 radical (unpaired) electrons. The zero-order chi connectivity index (χ0) is 23.7. The number of nitrogens with zero attached hydrogens (tertiary/aromatic N) is 1. The molecule has 34 heavy (non-hydrogen) atoms. The second-order valence-corrected chi connectivity index (χ2v) is 9.28. The van der Waals surface area contributed by atoms with Crippen LogP contribution in [0.4, 0.5) is 8.78 Å². The topological polar surface area (TPSA) is 90.0 Å². The summed E-state index contributed by atoms with van der Waals surface area (Å²) >= 11 is 0. The Bertz CT molecular complexity index is 1150. The molecule has 6 nitrogen and oxygen atoms in total. The molecule has 2 aliphatic rings. The van der Waals surface area contributed by atoms with Crippen molar-refractivity contribution >= 4 is 5.91 Å². The van der Waals surface area contributed by atoms with E-state index in [2.05, 4.69) is 20.6 Å². The number of H-pyrrole nitrogens is 1. The number of aliphatic hydroxyl groups is 1. The van der Waals surface area contributed by atoms with E-state index in [1.165, 1.54) is 12.1 Å². The predicted molar refractivity (Wildman–Crippen MR) is 123 cm³/mol. The maximum absolute atomic E-state index is 14.2. The molecular weight excluding hydrogens is 438 g/mol. The van der Waals surface area contributed by atoms with Crippen LogP contribution in [-0.2, 0) is 17.9 Å². The maximum atomic E-state index is 14.2. The van der Waals surface area contributed by atoms with E-state index in [4.69, 9.17) is 0 Å². The van der Waals surface area contributed by atoms with Crippen molar-refractivity contribution < 1.29 is 18.7 Å². The van der Waals surface area contributed by atoms with Gasteiger partial charge in [0.1, 0.15) is 17.5 Å². The first kappa shape index (κ1) is 22.7. The van der Waals surface area contributed by atoms with Gasteiger partial charge in [-0.3, -0.25) is 4.79 Å². The molecule has 1 aromatic heterocycles. The van der Waals surface area contributed by atoms with Gasteiger partial charge in [0.25, 0.3) is 0 Å². The second kappa shape index (κ2) is 9.64. The minimum Gasteiger partial charge on any atom is -0.392 e. The Balaban J connectivity index is 1.32. The number of nitrogens with one attached hydrogen (secondary N) is 3. The van der Waals surface area contributed by atoms with E-state index in [1.54, 1.807) is 6.20 Å². The molecule has 8 heteroatoms. The quantitative estimate of drug-likeness (QED) is 0.409. The number of halogens is 2. The summed E-state index contributed by atoms with van der Waals surface area (Å²) in [4.78, 5) is 20.8. The Kier molecular flexibility index (Phi) is 6.43. The smallest absolute Gasteiger partial charge is 0.226 e. The summed E-state index contributed by atoms with van der Waals surface area (Å²) in [6.07, 6.45) is 3.37. The number of aromatic nitrogens is 2. The van der Waals surface area contributed by atoms with Crippen molar-refractivity contribution in [2.45, 2.75) is 56.3 Å². The molecule has 2 aliphatic carbocycles. The summed E-state index contributed by atoms with van der Waals surface area (Å²) in [5, 5.41) is 17.5. The number of imidazole rings is 1. The van der Waals surface area contributed by atoms with Crippen molar-refractivity contribution in [2.24, 2.45) is 5.92 Å². The number of carbonyl (C=O) groups excluding carboxylic acids is 1. The van der Waals surface area contributed by atoms with Crippen molar-refractivity contribution in [1.29, 1.82) is 0 Å². The van der Waals surface area contributed by atoms with Crippen molar-refractivity contribution in [2.75, 3.05) is 0 Å². The van der Waals surface area contributed by atoms with Crippen LogP contribution in [0.15, 0.2) is 54.7 Å².